The number of carbonyl (C=O) groups is 1. The third-order valence-corrected chi connectivity index (χ3v) is 3.72. The standard InChI is InChI=1S/C12H15ClF2N2O2/c1-7-9(13)10(17-16-7)11(18)19-6-8-3-2-4-12(14,15)5-8/h8H,2-6H2,1H3,(H,16,17). The zero-order valence-electron chi connectivity index (χ0n) is 10.5. The molecule has 106 valence electrons. The van der Waals surface area contributed by atoms with Crippen LogP contribution in [0, 0.1) is 12.8 Å². The van der Waals surface area contributed by atoms with Crippen molar-refractivity contribution >= 4 is 17.6 Å². The summed E-state index contributed by atoms with van der Waals surface area (Å²) in [5, 5.41) is 6.50. The highest BCUT2D eigenvalue weighted by Gasteiger charge is 2.36. The van der Waals surface area contributed by atoms with E-state index < -0.39 is 11.9 Å². The van der Waals surface area contributed by atoms with Gasteiger partial charge in [-0.1, -0.05) is 11.6 Å². The first-order chi connectivity index (χ1) is 8.89. The normalized spacial score (nSPS) is 22.2. The number of halogens is 3. The van der Waals surface area contributed by atoms with Crippen LogP contribution >= 0.6 is 11.6 Å². The van der Waals surface area contributed by atoms with E-state index in [9.17, 15) is 13.6 Å². The van der Waals surface area contributed by atoms with Gasteiger partial charge in [-0.05, 0) is 25.7 Å². The van der Waals surface area contributed by atoms with Gasteiger partial charge in [-0.3, -0.25) is 5.10 Å². The molecule has 0 radical (unpaired) electrons. The van der Waals surface area contributed by atoms with Crippen LogP contribution in [0.4, 0.5) is 8.78 Å². The van der Waals surface area contributed by atoms with Crippen molar-refractivity contribution in [3.63, 3.8) is 0 Å². The predicted molar refractivity (Wildman–Crippen MR) is 65.5 cm³/mol. The van der Waals surface area contributed by atoms with Crippen molar-refractivity contribution in [1.29, 1.82) is 0 Å². The monoisotopic (exact) mass is 292 g/mol. The predicted octanol–water partition coefficient (Wildman–Crippen LogP) is 3.35. The van der Waals surface area contributed by atoms with Gasteiger partial charge < -0.3 is 4.74 Å². The van der Waals surface area contributed by atoms with Crippen LogP contribution in [0.25, 0.3) is 0 Å². The maximum atomic E-state index is 13.2. The molecule has 1 aromatic heterocycles. The topological polar surface area (TPSA) is 55.0 Å². The van der Waals surface area contributed by atoms with Crippen LogP contribution < -0.4 is 0 Å². The fourth-order valence-electron chi connectivity index (χ4n) is 2.23. The van der Waals surface area contributed by atoms with E-state index in [1.165, 1.54) is 0 Å². The minimum atomic E-state index is -2.64. The summed E-state index contributed by atoms with van der Waals surface area (Å²) < 4.78 is 31.4. The van der Waals surface area contributed by atoms with Gasteiger partial charge in [0.1, 0.15) is 0 Å². The molecule has 19 heavy (non-hydrogen) atoms. The molecule has 0 aliphatic heterocycles. The van der Waals surface area contributed by atoms with E-state index in [-0.39, 0.29) is 36.1 Å². The van der Waals surface area contributed by atoms with Gasteiger partial charge in [-0.2, -0.15) is 5.10 Å². The molecule has 4 nitrogen and oxygen atoms in total. The number of alkyl halides is 2. The molecule has 1 unspecified atom stereocenters. The van der Waals surface area contributed by atoms with Crippen LogP contribution in [0.2, 0.25) is 5.02 Å². The van der Waals surface area contributed by atoms with Gasteiger partial charge in [0, 0.05) is 12.8 Å². The summed E-state index contributed by atoms with van der Waals surface area (Å²) in [6.07, 6.45) is 0.795. The van der Waals surface area contributed by atoms with Crippen LogP contribution in [0.15, 0.2) is 0 Å². The molecular formula is C12H15ClF2N2O2. The molecule has 0 saturated heterocycles. The lowest BCUT2D eigenvalue weighted by molar-refractivity contribution is -0.0626. The molecule has 7 heteroatoms. The van der Waals surface area contributed by atoms with Gasteiger partial charge in [0.05, 0.1) is 17.3 Å². The summed E-state index contributed by atoms with van der Waals surface area (Å²) in [6, 6.07) is 0. The van der Waals surface area contributed by atoms with Crippen LogP contribution in [0.5, 0.6) is 0 Å². The Balaban J connectivity index is 1.89. The van der Waals surface area contributed by atoms with Gasteiger partial charge in [0.15, 0.2) is 5.69 Å². The lowest BCUT2D eigenvalue weighted by atomic mass is 9.87. The summed E-state index contributed by atoms with van der Waals surface area (Å²) in [6.45, 7) is 1.66. The number of aromatic amines is 1. The van der Waals surface area contributed by atoms with Crippen molar-refractivity contribution in [3.8, 4) is 0 Å². The van der Waals surface area contributed by atoms with Crippen molar-refractivity contribution in [2.75, 3.05) is 6.61 Å². The average Bonchev–Trinajstić information content (AvgIpc) is 2.66. The lowest BCUT2D eigenvalue weighted by Gasteiger charge is -2.28. The Bertz CT molecular complexity index is 476. The SMILES string of the molecule is Cc1[nH]nc(C(=O)OCC2CCCC(F)(F)C2)c1Cl. The molecule has 1 N–H and O–H groups in total. The molecule has 1 fully saturated rings. The molecule has 1 aromatic rings. The average molecular weight is 293 g/mol. The Morgan fingerprint density at radius 1 is 1.63 bits per heavy atom. The zero-order chi connectivity index (χ0) is 14.0. The second-order valence-electron chi connectivity index (χ2n) is 4.93. The van der Waals surface area contributed by atoms with E-state index in [0.29, 0.717) is 18.5 Å². The number of carbonyl (C=O) groups excluding carboxylic acids is 1. The minimum Gasteiger partial charge on any atom is -0.461 e. The highest BCUT2D eigenvalue weighted by atomic mass is 35.5. The maximum absolute atomic E-state index is 13.2. The summed E-state index contributed by atoms with van der Waals surface area (Å²) in [5.74, 6) is -3.62. The molecule has 0 bridgehead atoms. The molecule has 0 spiro atoms. The highest BCUT2D eigenvalue weighted by Crippen LogP contribution is 2.36. The summed E-state index contributed by atoms with van der Waals surface area (Å²) in [4.78, 5) is 11.7. The Morgan fingerprint density at radius 2 is 2.37 bits per heavy atom. The largest absolute Gasteiger partial charge is 0.461 e. The van der Waals surface area contributed by atoms with Crippen LogP contribution in [0.1, 0.15) is 41.9 Å². The molecule has 1 saturated carbocycles. The van der Waals surface area contributed by atoms with Crippen molar-refractivity contribution in [2.45, 2.75) is 38.5 Å². The number of hydrogen-bond donors (Lipinski definition) is 1. The van der Waals surface area contributed by atoms with Crippen LogP contribution in [-0.2, 0) is 4.74 Å². The molecule has 1 heterocycles. The summed E-state index contributed by atoms with van der Waals surface area (Å²) >= 11 is 5.86. The van der Waals surface area contributed by atoms with Crippen molar-refractivity contribution in [1.82, 2.24) is 10.2 Å². The number of rotatable bonds is 3. The first-order valence-corrected chi connectivity index (χ1v) is 6.52. The van der Waals surface area contributed by atoms with Crippen molar-refractivity contribution < 1.29 is 18.3 Å². The van der Waals surface area contributed by atoms with Crippen LogP contribution in [0.3, 0.4) is 0 Å². The fourth-order valence-corrected chi connectivity index (χ4v) is 2.39. The molecule has 1 aliphatic carbocycles. The van der Waals surface area contributed by atoms with E-state index in [1.54, 1.807) is 6.92 Å². The molecule has 0 amide bonds. The van der Waals surface area contributed by atoms with Gasteiger partial charge >= 0.3 is 5.97 Å². The van der Waals surface area contributed by atoms with E-state index in [4.69, 9.17) is 16.3 Å². The third kappa shape index (κ3) is 3.43. The van der Waals surface area contributed by atoms with Gasteiger partial charge in [0.2, 0.25) is 5.92 Å². The number of aromatic nitrogens is 2. The van der Waals surface area contributed by atoms with Gasteiger partial charge in [-0.15, -0.1) is 0 Å². The Kier molecular flexibility index (Phi) is 4.08. The quantitative estimate of drug-likeness (QED) is 0.869. The van der Waals surface area contributed by atoms with Gasteiger partial charge in [-0.25, -0.2) is 13.6 Å². The summed E-state index contributed by atoms with van der Waals surface area (Å²) in [5.41, 5.74) is 0.569. The number of ether oxygens (including phenoxy) is 1. The van der Waals surface area contributed by atoms with Crippen molar-refractivity contribution in [2.24, 2.45) is 5.92 Å². The minimum absolute atomic E-state index is 0.00161. The second-order valence-corrected chi connectivity index (χ2v) is 5.31. The number of hydrogen-bond acceptors (Lipinski definition) is 3. The Morgan fingerprint density at radius 3 is 2.95 bits per heavy atom. The molecule has 2 rings (SSSR count). The number of nitrogens with zero attached hydrogens (tertiary/aromatic N) is 1. The maximum Gasteiger partial charge on any atom is 0.360 e. The zero-order valence-corrected chi connectivity index (χ0v) is 11.3. The molecular weight excluding hydrogens is 278 g/mol. The summed E-state index contributed by atoms with van der Waals surface area (Å²) in [7, 11) is 0. The van der Waals surface area contributed by atoms with E-state index in [0.717, 1.165) is 0 Å². The Labute approximate surface area is 114 Å². The van der Waals surface area contributed by atoms with Crippen LogP contribution in [-0.4, -0.2) is 28.7 Å². The van der Waals surface area contributed by atoms with E-state index in [2.05, 4.69) is 10.2 Å². The molecule has 1 aliphatic rings. The molecule has 1 atom stereocenters. The van der Waals surface area contributed by atoms with Gasteiger partial charge in [0.25, 0.3) is 0 Å². The highest BCUT2D eigenvalue weighted by molar-refractivity contribution is 6.33. The smallest absolute Gasteiger partial charge is 0.360 e. The molecule has 0 aromatic carbocycles. The lowest BCUT2D eigenvalue weighted by Crippen LogP contribution is -2.29. The first kappa shape index (κ1) is 14.2. The first-order valence-electron chi connectivity index (χ1n) is 6.14. The second kappa shape index (κ2) is 5.45. The fraction of sp³-hybridized carbons (Fsp3) is 0.667. The number of esters is 1. The van der Waals surface area contributed by atoms with E-state index in [1.807, 2.05) is 0 Å². The van der Waals surface area contributed by atoms with E-state index >= 15 is 0 Å². The Hall–Kier alpha value is -1.17. The van der Waals surface area contributed by atoms with Crippen molar-refractivity contribution in [3.05, 3.63) is 16.4 Å². The number of aryl methyl sites for hydroxylation is 1. The third-order valence-electron chi connectivity index (χ3n) is 3.26. The number of nitrogens with one attached hydrogen (secondary N) is 1. The number of H-pyrrole nitrogens is 1.